The Bertz CT molecular complexity index is 821. The molecule has 4 saturated carbocycles. The number of esters is 2. The van der Waals surface area contributed by atoms with Crippen LogP contribution in [-0.4, -0.2) is 46.6 Å². The fourth-order valence-electron chi connectivity index (χ4n) is 8.76. The van der Waals surface area contributed by atoms with Crippen molar-refractivity contribution in [3.63, 3.8) is 0 Å². The average Bonchev–Trinajstić information content (AvgIpc) is 3.19. The summed E-state index contributed by atoms with van der Waals surface area (Å²) < 4.78 is 11.0. The highest BCUT2D eigenvalue weighted by Gasteiger charge is 2.70. The summed E-state index contributed by atoms with van der Waals surface area (Å²) in [5.74, 6) is 0.162. The number of ether oxygens (including phenoxy) is 2. The van der Waals surface area contributed by atoms with Crippen LogP contribution in [0.15, 0.2) is 11.6 Å². The third-order valence-electron chi connectivity index (χ3n) is 10.2. The third-order valence-corrected chi connectivity index (χ3v) is 10.2. The molecule has 31 heavy (non-hydrogen) atoms. The van der Waals surface area contributed by atoms with Gasteiger partial charge in [0.25, 0.3) is 0 Å². The molecule has 5 aliphatic rings. The molecule has 0 aromatic rings. The topological polar surface area (TPSA) is 93.1 Å². The van der Waals surface area contributed by atoms with Gasteiger partial charge in [0.05, 0.1) is 11.7 Å². The first kappa shape index (κ1) is 21.4. The van der Waals surface area contributed by atoms with Crippen LogP contribution >= 0.6 is 0 Å². The molecule has 2 N–H and O–H groups in total. The van der Waals surface area contributed by atoms with Gasteiger partial charge >= 0.3 is 11.9 Å². The molecule has 1 aliphatic heterocycles. The van der Waals surface area contributed by atoms with Crippen LogP contribution in [-0.2, 0) is 19.1 Å². The van der Waals surface area contributed by atoms with Gasteiger partial charge in [-0.3, -0.25) is 4.79 Å². The van der Waals surface area contributed by atoms with Crippen molar-refractivity contribution in [3.8, 4) is 0 Å². The van der Waals surface area contributed by atoms with Crippen LogP contribution in [0.1, 0.15) is 72.1 Å². The minimum absolute atomic E-state index is 0.139. The van der Waals surface area contributed by atoms with E-state index in [-0.39, 0.29) is 41.9 Å². The number of hydrogen-bond acceptors (Lipinski definition) is 6. The van der Waals surface area contributed by atoms with Crippen molar-refractivity contribution in [2.75, 3.05) is 6.61 Å². The van der Waals surface area contributed by atoms with Crippen LogP contribution in [0, 0.1) is 34.5 Å². The van der Waals surface area contributed by atoms with Crippen LogP contribution in [0.25, 0.3) is 0 Å². The molecule has 0 radical (unpaired) electrons. The summed E-state index contributed by atoms with van der Waals surface area (Å²) in [5.41, 5.74) is -0.420. The number of aliphatic hydroxyl groups excluding tert-OH is 1. The lowest BCUT2D eigenvalue weighted by Gasteiger charge is -2.63. The van der Waals surface area contributed by atoms with Gasteiger partial charge in [-0.2, -0.15) is 0 Å². The minimum atomic E-state index is -0.947. The molecule has 4 fully saturated rings. The second kappa shape index (κ2) is 7.05. The lowest BCUT2D eigenvalue weighted by atomic mass is 9.43. The maximum atomic E-state index is 12.4. The van der Waals surface area contributed by atoms with Crippen LogP contribution in [0.4, 0.5) is 0 Å². The number of fused-ring (bicyclic) bond motifs is 5. The van der Waals surface area contributed by atoms with Crippen LogP contribution < -0.4 is 0 Å². The van der Waals surface area contributed by atoms with E-state index in [1.165, 1.54) is 6.92 Å². The molecule has 0 saturated heterocycles. The Kier molecular flexibility index (Phi) is 4.88. The highest BCUT2D eigenvalue weighted by molar-refractivity contribution is 5.85. The standard InChI is InChI=1S/C25H36O6/c1-14(26)31-20-12-25(29)19-5-4-16-11-17(27)6-8-23(16,2)18(19)7-9-24(25,3)22(20)15-10-21(28)30-13-15/h10,16-20,22,27,29H,4-9,11-13H2,1-3H3/t16-,17+,18+,19-,20+,22+,23+,24-,25?/m1/s1. The van der Waals surface area contributed by atoms with Gasteiger partial charge in [-0.25, -0.2) is 4.79 Å². The first-order valence-electron chi connectivity index (χ1n) is 12.0. The summed E-state index contributed by atoms with van der Waals surface area (Å²) >= 11 is 0. The van der Waals surface area contributed by atoms with Crippen molar-refractivity contribution in [1.82, 2.24) is 0 Å². The van der Waals surface area contributed by atoms with Gasteiger partial charge in [0.15, 0.2) is 0 Å². The predicted octanol–water partition coefficient (Wildman–Crippen LogP) is 3.15. The maximum absolute atomic E-state index is 12.4. The van der Waals surface area contributed by atoms with Gasteiger partial charge in [0.2, 0.25) is 0 Å². The van der Waals surface area contributed by atoms with E-state index in [0.29, 0.717) is 18.3 Å². The maximum Gasteiger partial charge on any atom is 0.331 e. The molecule has 0 aromatic carbocycles. The van der Waals surface area contributed by atoms with Gasteiger partial charge < -0.3 is 19.7 Å². The van der Waals surface area contributed by atoms with Crippen LogP contribution in [0.5, 0.6) is 0 Å². The molecule has 1 unspecified atom stereocenters. The van der Waals surface area contributed by atoms with E-state index in [9.17, 15) is 19.8 Å². The lowest BCUT2D eigenvalue weighted by Crippen LogP contribution is -2.62. The number of aliphatic hydroxyl groups is 2. The molecule has 1 heterocycles. The number of carbonyl (C=O) groups is 2. The van der Waals surface area contributed by atoms with Crippen molar-refractivity contribution in [2.24, 2.45) is 34.5 Å². The monoisotopic (exact) mass is 432 g/mol. The molecule has 6 heteroatoms. The average molecular weight is 433 g/mol. The zero-order valence-electron chi connectivity index (χ0n) is 18.9. The minimum Gasteiger partial charge on any atom is -0.462 e. The Balaban J connectivity index is 1.52. The van der Waals surface area contributed by atoms with E-state index in [4.69, 9.17) is 9.47 Å². The molecule has 4 aliphatic carbocycles. The molecule has 6 nitrogen and oxygen atoms in total. The fourth-order valence-corrected chi connectivity index (χ4v) is 8.76. The first-order valence-corrected chi connectivity index (χ1v) is 12.0. The summed E-state index contributed by atoms with van der Waals surface area (Å²) in [5, 5.41) is 22.7. The Morgan fingerprint density at radius 3 is 2.61 bits per heavy atom. The van der Waals surface area contributed by atoms with Crippen molar-refractivity contribution < 1.29 is 29.3 Å². The second-order valence-corrected chi connectivity index (χ2v) is 11.5. The SMILES string of the molecule is CC(=O)O[C@H]1CC2(O)[C@@H]3CC[C@@H]4C[C@@H](O)CC[C@]4(C)[C@H]3CC[C@]2(C)[C@H]1C1=CC(=O)OC1. The number of cyclic esters (lactones) is 1. The fraction of sp³-hybridized carbons (Fsp3) is 0.840. The van der Waals surface area contributed by atoms with E-state index in [2.05, 4.69) is 13.8 Å². The van der Waals surface area contributed by atoms with Gasteiger partial charge in [-0.15, -0.1) is 0 Å². The molecule has 0 bridgehead atoms. The van der Waals surface area contributed by atoms with Crippen molar-refractivity contribution in [2.45, 2.75) is 89.9 Å². The summed E-state index contributed by atoms with van der Waals surface area (Å²) in [6, 6.07) is 0. The Labute approximate surface area is 184 Å². The van der Waals surface area contributed by atoms with E-state index in [1.54, 1.807) is 6.08 Å². The summed E-state index contributed by atoms with van der Waals surface area (Å²) in [6.07, 6.45) is 7.90. The second-order valence-electron chi connectivity index (χ2n) is 11.5. The first-order chi connectivity index (χ1) is 14.6. The molecule has 0 aromatic heterocycles. The summed E-state index contributed by atoms with van der Waals surface area (Å²) in [7, 11) is 0. The lowest BCUT2D eigenvalue weighted by molar-refractivity contribution is -0.208. The molecular weight excluding hydrogens is 396 g/mol. The van der Waals surface area contributed by atoms with Crippen molar-refractivity contribution >= 4 is 11.9 Å². The van der Waals surface area contributed by atoms with E-state index in [0.717, 1.165) is 50.5 Å². The highest BCUT2D eigenvalue weighted by atomic mass is 16.5. The van der Waals surface area contributed by atoms with Crippen LogP contribution in [0.3, 0.4) is 0 Å². The molecule has 9 atom stereocenters. The van der Waals surface area contributed by atoms with Crippen LogP contribution in [0.2, 0.25) is 0 Å². The summed E-state index contributed by atoms with van der Waals surface area (Å²) in [6.45, 7) is 6.16. The normalized spacial score (nSPS) is 51.3. The molecule has 0 amide bonds. The Morgan fingerprint density at radius 1 is 1.16 bits per heavy atom. The van der Waals surface area contributed by atoms with Gasteiger partial charge in [0, 0.05) is 30.8 Å². The summed E-state index contributed by atoms with van der Waals surface area (Å²) in [4.78, 5) is 23.8. The third kappa shape index (κ3) is 2.97. The van der Waals surface area contributed by atoms with Gasteiger partial charge in [-0.1, -0.05) is 13.8 Å². The smallest absolute Gasteiger partial charge is 0.331 e. The number of carbonyl (C=O) groups excluding carboxylic acids is 2. The molecular formula is C25H36O6. The van der Waals surface area contributed by atoms with E-state index in [1.807, 2.05) is 0 Å². The zero-order chi connectivity index (χ0) is 22.2. The highest BCUT2D eigenvalue weighted by Crippen LogP contribution is 2.70. The van der Waals surface area contributed by atoms with E-state index < -0.39 is 17.1 Å². The largest absolute Gasteiger partial charge is 0.462 e. The number of hydrogen-bond donors (Lipinski definition) is 2. The quantitative estimate of drug-likeness (QED) is 0.651. The van der Waals surface area contributed by atoms with Crippen molar-refractivity contribution in [1.29, 1.82) is 0 Å². The van der Waals surface area contributed by atoms with Gasteiger partial charge in [-0.05, 0) is 73.7 Å². The predicted molar refractivity (Wildman–Crippen MR) is 113 cm³/mol. The molecule has 5 rings (SSSR count). The van der Waals surface area contributed by atoms with E-state index >= 15 is 0 Å². The zero-order valence-corrected chi connectivity index (χ0v) is 18.9. The van der Waals surface area contributed by atoms with Crippen molar-refractivity contribution in [3.05, 3.63) is 11.6 Å². The number of rotatable bonds is 2. The Morgan fingerprint density at radius 2 is 1.94 bits per heavy atom. The molecule has 172 valence electrons. The van der Waals surface area contributed by atoms with Gasteiger partial charge in [0.1, 0.15) is 12.7 Å². The molecule has 0 spiro atoms. The Hall–Kier alpha value is -1.40.